The van der Waals surface area contributed by atoms with Crippen molar-refractivity contribution in [3.63, 3.8) is 0 Å². The van der Waals surface area contributed by atoms with Crippen molar-refractivity contribution >= 4 is 0 Å². The van der Waals surface area contributed by atoms with Crippen LogP contribution in [0.5, 0.6) is 0 Å². The summed E-state index contributed by atoms with van der Waals surface area (Å²) in [7, 11) is 0. The van der Waals surface area contributed by atoms with E-state index in [9.17, 15) is 4.39 Å². The summed E-state index contributed by atoms with van der Waals surface area (Å²) < 4.78 is 13.0. The Morgan fingerprint density at radius 2 is 2.00 bits per heavy atom. The number of rotatable bonds is 1. The van der Waals surface area contributed by atoms with Crippen LogP contribution in [-0.4, -0.2) is 12.2 Å². The maximum atomic E-state index is 13.0. The molecule has 1 nitrogen and oxygen atoms in total. The Kier molecular flexibility index (Phi) is 2.66. The Hall–Kier alpha value is -0.110. The summed E-state index contributed by atoms with van der Waals surface area (Å²) in [6.45, 7) is 1.91. The largest absolute Gasteiger partial charge is 0.328 e. The number of halogens is 1. The molecule has 60 valence electrons. The number of alkyl halides is 1. The molecule has 0 amide bonds. The number of hydrogen-bond donors (Lipinski definition) is 1. The van der Waals surface area contributed by atoms with Crippen molar-refractivity contribution < 1.29 is 4.39 Å². The van der Waals surface area contributed by atoms with Crippen LogP contribution in [0.1, 0.15) is 32.6 Å². The molecule has 3 unspecified atom stereocenters. The van der Waals surface area contributed by atoms with Crippen molar-refractivity contribution in [2.24, 2.45) is 11.7 Å². The lowest BCUT2D eigenvalue weighted by atomic mass is 9.83. The van der Waals surface area contributed by atoms with Gasteiger partial charge >= 0.3 is 0 Å². The van der Waals surface area contributed by atoms with Gasteiger partial charge in [0.1, 0.15) is 6.17 Å². The van der Waals surface area contributed by atoms with Crippen LogP contribution < -0.4 is 5.73 Å². The molecule has 0 bridgehead atoms. The Morgan fingerprint density at radius 3 is 2.40 bits per heavy atom. The van der Waals surface area contributed by atoms with Crippen molar-refractivity contribution in [3.05, 3.63) is 0 Å². The van der Waals surface area contributed by atoms with E-state index in [1.54, 1.807) is 0 Å². The van der Waals surface area contributed by atoms with Gasteiger partial charge in [-0.2, -0.15) is 0 Å². The van der Waals surface area contributed by atoms with Crippen LogP contribution in [0.4, 0.5) is 4.39 Å². The van der Waals surface area contributed by atoms with Gasteiger partial charge in [-0.05, 0) is 19.8 Å². The molecule has 1 aliphatic rings. The summed E-state index contributed by atoms with van der Waals surface area (Å²) in [5.41, 5.74) is 5.62. The molecule has 0 aromatic rings. The highest BCUT2D eigenvalue weighted by Gasteiger charge is 2.27. The van der Waals surface area contributed by atoms with Gasteiger partial charge in [0.25, 0.3) is 0 Å². The zero-order valence-corrected chi connectivity index (χ0v) is 6.52. The molecule has 0 aliphatic heterocycles. The summed E-state index contributed by atoms with van der Waals surface area (Å²) in [5, 5.41) is 0. The maximum Gasteiger partial charge on any atom is 0.104 e. The summed E-state index contributed by atoms with van der Waals surface area (Å²) in [6, 6.07) is 0.0373. The first kappa shape index (κ1) is 7.99. The van der Waals surface area contributed by atoms with Crippen LogP contribution in [-0.2, 0) is 0 Å². The summed E-state index contributed by atoms with van der Waals surface area (Å²) in [5.74, 6) is 0.133. The molecule has 3 atom stereocenters. The van der Waals surface area contributed by atoms with Gasteiger partial charge in [-0.15, -0.1) is 0 Å². The van der Waals surface area contributed by atoms with Gasteiger partial charge in [0, 0.05) is 12.0 Å². The van der Waals surface area contributed by atoms with Crippen LogP contribution in [0.15, 0.2) is 0 Å². The third-order valence-electron chi connectivity index (χ3n) is 2.41. The Bertz CT molecular complexity index is 103. The lowest BCUT2D eigenvalue weighted by Crippen LogP contribution is -2.35. The number of nitrogens with two attached hydrogens (primary N) is 1. The van der Waals surface area contributed by atoms with E-state index in [4.69, 9.17) is 5.73 Å². The van der Waals surface area contributed by atoms with Crippen molar-refractivity contribution in [2.75, 3.05) is 0 Å². The molecule has 1 saturated carbocycles. The van der Waals surface area contributed by atoms with E-state index in [-0.39, 0.29) is 12.0 Å². The van der Waals surface area contributed by atoms with E-state index in [0.717, 1.165) is 25.7 Å². The lowest BCUT2D eigenvalue weighted by molar-refractivity contribution is 0.147. The molecule has 0 aromatic carbocycles. The molecule has 0 saturated heterocycles. The second-order valence-corrected chi connectivity index (χ2v) is 3.32. The van der Waals surface area contributed by atoms with Gasteiger partial charge in [-0.1, -0.05) is 12.8 Å². The molecule has 2 N–H and O–H groups in total. The minimum absolute atomic E-state index is 0.0373. The van der Waals surface area contributed by atoms with E-state index in [0.29, 0.717) is 0 Å². The fraction of sp³-hybridized carbons (Fsp3) is 1.00. The standard InChI is InChI=1S/C8H16FN/c1-6(10)7-4-2-3-5-8(7)9/h6-8H,2-5,10H2,1H3. The Morgan fingerprint density at radius 1 is 1.40 bits per heavy atom. The van der Waals surface area contributed by atoms with E-state index in [1.807, 2.05) is 6.92 Å². The molecular weight excluding hydrogens is 129 g/mol. The van der Waals surface area contributed by atoms with Gasteiger partial charge in [0.15, 0.2) is 0 Å². The van der Waals surface area contributed by atoms with Crippen molar-refractivity contribution in [2.45, 2.75) is 44.8 Å². The second kappa shape index (κ2) is 3.33. The smallest absolute Gasteiger partial charge is 0.104 e. The van der Waals surface area contributed by atoms with Crippen molar-refractivity contribution in [1.82, 2.24) is 0 Å². The van der Waals surface area contributed by atoms with Crippen molar-refractivity contribution in [3.8, 4) is 0 Å². The molecule has 0 heterocycles. The zero-order chi connectivity index (χ0) is 7.56. The lowest BCUT2D eigenvalue weighted by Gasteiger charge is -2.28. The first-order valence-corrected chi connectivity index (χ1v) is 4.11. The van der Waals surface area contributed by atoms with Gasteiger partial charge in [0.2, 0.25) is 0 Å². The van der Waals surface area contributed by atoms with Crippen LogP contribution in [0.3, 0.4) is 0 Å². The third-order valence-corrected chi connectivity index (χ3v) is 2.41. The molecule has 0 spiro atoms. The van der Waals surface area contributed by atoms with Gasteiger partial charge in [-0.25, -0.2) is 4.39 Å². The molecule has 10 heavy (non-hydrogen) atoms. The van der Waals surface area contributed by atoms with Crippen LogP contribution in [0.2, 0.25) is 0 Å². The predicted octanol–water partition coefficient (Wildman–Crippen LogP) is 1.86. The van der Waals surface area contributed by atoms with E-state index < -0.39 is 6.17 Å². The second-order valence-electron chi connectivity index (χ2n) is 3.32. The summed E-state index contributed by atoms with van der Waals surface area (Å²) in [4.78, 5) is 0. The fourth-order valence-electron chi connectivity index (χ4n) is 1.71. The van der Waals surface area contributed by atoms with Gasteiger partial charge in [0.05, 0.1) is 0 Å². The first-order valence-electron chi connectivity index (χ1n) is 4.11. The Labute approximate surface area is 61.8 Å². The van der Waals surface area contributed by atoms with Crippen LogP contribution in [0.25, 0.3) is 0 Å². The molecule has 0 aromatic heterocycles. The molecule has 1 fully saturated rings. The maximum absolute atomic E-state index is 13.0. The fourth-order valence-corrected chi connectivity index (χ4v) is 1.71. The highest BCUT2D eigenvalue weighted by molar-refractivity contribution is 4.80. The Balaban J connectivity index is 2.40. The quantitative estimate of drug-likeness (QED) is 0.598. The molecule has 2 heteroatoms. The average molecular weight is 145 g/mol. The minimum atomic E-state index is -0.631. The highest BCUT2D eigenvalue weighted by Crippen LogP contribution is 2.28. The number of hydrogen-bond acceptors (Lipinski definition) is 1. The average Bonchev–Trinajstić information content (AvgIpc) is 1.88. The third kappa shape index (κ3) is 1.69. The molecule has 1 aliphatic carbocycles. The van der Waals surface area contributed by atoms with E-state index in [2.05, 4.69) is 0 Å². The SMILES string of the molecule is CC(N)C1CCCCC1F. The predicted molar refractivity (Wildman–Crippen MR) is 40.5 cm³/mol. The zero-order valence-electron chi connectivity index (χ0n) is 6.52. The highest BCUT2D eigenvalue weighted by atomic mass is 19.1. The normalized spacial score (nSPS) is 37.5. The molecule has 0 radical (unpaired) electrons. The molecule has 1 rings (SSSR count). The van der Waals surface area contributed by atoms with Gasteiger partial charge < -0.3 is 5.73 Å². The van der Waals surface area contributed by atoms with E-state index in [1.165, 1.54) is 0 Å². The van der Waals surface area contributed by atoms with Crippen LogP contribution in [0, 0.1) is 5.92 Å². The summed E-state index contributed by atoms with van der Waals surface area (Å²) >= 11 is 0. The van der Waals surface area contributed by atoms with E-state index >= 15 is 0 Å². The molecular formula is C8H16FN. The van der Waals surface area contributed by atoms with Crippen LogP contribution >= 0.6 is 0 Å². The minimum Gasteiger partial charge on any atom is -0.328 e. The first-order chi connectivity index (χ1) is 4.72. The monoisotopic (exact) mass is 145 g/mol. The summed E-state index contributed by atoms with van der Waals surface area (Å²) in [6.07, 6.45) is 3.29. The topological polar surface area (TPSA) is 26.0 Å². The van der Waals surface area contributed by atoms with Crippen molar-refractivity contribution in [1.29, 1.82) is 0 Å². The van der Waals surface area contributed by atoms with Gasteiger partial charge in [-0.3, -0.25) is 0 Å².